The lowest BCUT2D eigenvalue weighted by atomic mass is 10.0. The van der Waals surface area contributed by atoms with Gasteiger partial charge in [0.05, 0.1) is 26.3 Å². The molecule has 373 valence electrons. The molecule has 4 aromatic carbocycles. The van der Waals surface area contributed by atoms with Crippen LogP contribution < -0.4 is 36.5 Å². The van der Waals surface area contributed by atoms with E-state index in [4.69, 9.17) is 9.47 Å². The summed E-state index contributed by atoms with van der Waals surface area (Å²) in [5, 5.41) is 14.1. The van der Waals surface area contributed by atoms with Crippen LogP contribution in [-0.2, 0) is 28.7 Å². The first kappa shape index (κ1) is 51.2. The fourth-order valence-corrected chi connectivity index (χ4v) is 12.6. The molecule has 0 saturated carbocycles. The quantitative estimate of drug-likeness (QED) is 0.0897. The predicted molar refractivity (Wildman–Crippen MR) is 275 cm³/mol. The third kappa shape index (κ3) is 11.3. The molecule has 4 N–H and O–H groups in total. The van der Waals surface area contributed by atoms with Crippen LogP contribution in [0.15, 0.2) is 103 Å². The molecule has 7 rings (SSSR count). The van der Waals surface area contributed by atoms with Gasteiger partial charge in [-0.15, -0.1) is 0 Å². The Bertz CT molecular complexity index is 2360. The third-order valence-corrected chi connectivity index (χ3v) is 17.9. The maximum Gasteiger partial charge on any atom is 0.407 e. The lowest BCUT2D eigenvalue weighted by Gasteiger charge is -2.38. The van der Waals surface area contributed by atoms with Gasteiger partial charge in [0.2, 0.25) is 23.6 Å². The van der Waals surface area contributed by atoms with Gasteiger partial charge in [0.25, 0.3) is 0 Å². The van der Waals surface area contributed by atoms with Crippen LogP contribution in [-0.4, -0.2) is 105 Å². The number of likely N-dealkylation sites (tertiary alicyclic amines) is 2. The monoisotopic (exact) mass is 971 g/mol. The Morgan fingerprint density at radius 1 is 0.543 bits per heavy atom. The first-order valence-electron chi connectivity index (χ1n) is 24.6. The highest BCUT2D eigenvalue weighted by Crippen LogP contribution is 2.47. The van der Waals surface area contributed by atoms with E-state index in [2.05, 4.69) is 118 Å². The van der Waals surface area contributed by atoms with Crippen LogP contribution in [0, 0.1) is 11.8 Å². The molecule has 16 heteroatoms. The molecule has 3 heterocycles. The zero-order valence-corrected chi connectivity index (χ0v) is 42.7. The molecule has 6 atom stereocenters. The van der Waals surface area contributed by atoms with Crippen molar-refractivity contribution in [3.63, 3.8) is 0 Å². The molecule has 70 heavy (non-hydrogen) atoms. The van der Waals surface area contributed by atoms with E-state index in [1.165, 1.54) is 24.6 Å². The van der Waals surface area contributed by atoms with Crippen molar-refractivity contribution in [3.8, 4) is 0 Å². The minimum atomic E-state index is -1.97. The highest BCUT2D eigenvalue weighted by molar-refractivity contribution is 7.00. The van der Waals surface area contributed by atoms with Gasteiger partial charge in [-0.05, 0) is 97.9 Å². The number of anilines is 3. The molecule has 6 amide bonds. The molecule has 0 aliphatic carbocycles. The number of methoxy groups -OCH3 is 2. The summed E-state index contributed by atoms with van der Waals surface area (Å²) in [4.78, 5) is 84.6. The largest absolute Gasteiger partial charge is 0.453 e. The van der Waals surface area contributed by atoms with Crippen molar-refractivity contribution in [1.82, 2.24) is 20.4 Å². The van der Waals surface area contributed by atoms with Crippen molar-refractivity contribution in [3.05, 3.63) is 114 Å². The topological polar surface area (TPSA) is 179 Å². The van der Waals surface area contributed by atoms with Crippen molar-refractivity contribution in [2.45, 2.75) is 116 Å². The summed E-state index contributed by atoms with van der Waals surface area (Å²) in [7, 11) is 0.533. The van der Waals surface area contributed by atoms with Crippen molar-refractivity contribution in [2.24, 2.45) is 11.8 Å². The van der Waals surface area contributed by atoms with E-state index in [1.807, 2.05) is 52.0 Å². The molecular weight excluding hydrogens is 903 g/mol. The number of amides is 6. The average molecular weight is 972 g/mol. The van der Waals surface area contributed by atoms with Crippen LogP contribution in [0.25, 0.3) is 0 Å². The number of rotatable bonds is 15. The Morgan fingerprint density at radius 3 is 1.33 bits per heavy atom. The summed E-state index contributed by atoms with van der Waals surface area (Å²) in [6, 6.07) is 32.7. The summed E-state index contributed by atoms with van der Waals surface area (Å²) in [6.45, 7) is 13.0. The van der Waals surface area contributed by atoms with E-state index in [0.29, 0.717) is 50.1 Å². The van der Waals surface area contributed by atoms with Crippen LogP contribution >= 0.6 is 0 Å². The van der Waals surface area contributed by atoms with Crippen molar-refractivity contribution in [1.29, 1.82) is 0 Å². The molecular formula is C54H69N7O8Si-. The fourth-order valence-electron chi connectivity index (χ4n) is 10.3. The first-order chi connectivity index (χ1) is 33.5. The maximum absolute atomic E-state index is 13.8. The number of hydrogen-bond acceptors (Lipinski definition) is 9. The van der Waals surface area contributed by atoms with Gasteiger partial charge in [0.1, 0.15) is 24.2 Å². The van der Waals surface area contributed by atoms with Gasteiger partial charge in [-0.2, -0.15) is 23.5 Å². The summed E-state index contributed by atoms with van der Waals surface area (Å²) < 4.78 is 9.52. The average Bonchev–Trinajstić information content (AvgIpc) is 4.16. The second-order valence-corrected chi connectivity index (χ2v) is 24.3. The second kappa shape index (κ2) is 22.4. The zero-order chi connectivity index (χ0) is 50.3. The normalized spacial score (nSPS) is 19.9. The molecule has 0 unspecified atom stereocenters. The van der Waals surface area contributed by atoms with Crippen molar-refractivity contribution < 1.29 is 38.2 Å². The number of carbonyl (C=O) groups is 6. The molecule has 0 radical (unpaired) electrons. The first-order valence-corrected chi connectivity index (χ1v) is 27.6. The predicted octanol–water partition coefficient (Wildman–Crippen LogP) is 7.21. The standard InChI is InChI=1S/C54H69N7O8Si/c1-34(2)47(57-53(66)68-5)51(64)59-32-12-16-45(59)49(62)55-38-22-18-36(19-23-38)43-30-31-44(61(43)40-26-28-42(29-27-40)70(7,8)41-14-10-9-11-15-41)37-20-24-39(25-21-37)56-50(63)46-17-13-33-60(46)52(65)48(35(3)4)58-54(67)69-6/h9-11,14-15,18-29,34-35,43-48H,12-13,16-17,30-33H2,1-8H3,(H,55,62)(H,56,63)(H,57,66)(H,58,67)/q-1/t43-,44-,45-,46-,47-,48-/m0/s1. The highest BCUT2D eigenvalue weighted by atomic mass is 28.3. The SMILES string of the molecule is COC(=O)N[C@H](C(=O)N1CCC[C@H]1C(=O)Nc1ccc([C@@H]2CC[C@@H](c3ccc(NC(=O)[C@@H]4CCCN4C(=O)[C@@H](NC(=O)OC)C(C)C)cc3)N2c2ccc([Si-](C)(C)c3ccccc3)cc2)cc1)C(C)C. The van der Waals surface area contributed by atoms with E-state index in [0.717, 1.165) is 29.7 Å². The number of nitrogens with zero attached hydrogens (tertiary/aromatic N) is 3. The van der Waals surface area contributed by atoms with Crippen LogP contribution in [0.2, 0.25) is 13.1 Å². The molecule has 3 aliphatic rings. The number of ether oxygens (including phenoxy) is 2. The minimum absolute atomic E-state index is 0.00630. The Hall–Kier alpha value is -6.68. The molecule has 0 spiro atoms. The van der Waals surface area contributed by atoms with E-state index < -0.39 is 44.4 Å². The summed E-state index contributed by atoms with van der Waals surface area (Å²) >= 11 is 0. The molecule has 15 nitrogen and oxygen atoms in total. The zero-order valence-electron chi connectivity index (χ0n) is 41.7. The Balaban J connectivity index is 1.09. The third-order valence-electron chi connectivity index (χ3n) is 14.4. The van der Waals surface area contributed by atoms with Crippen LogP contribution in [0.3, 0.4) is 0 Å². The van der Waals surface area contributed by atoms with Gasteiger partial charge in [-0.3, -0.25) is 19.2 Å². The molecule has 3 saturated heterocycles. The van der Waals surface area contributed by atoms with E-state index in [-0.39, 0.29) is 47.5 Å². The van der Waals surface area contributed by atoms with Gasteiger partial charge in [0, 0.05) is 30.2 Å². The second-order valence-electron chi connectivity index (χ2n) is 19.9. The lowest BCUT2D eigenvalue weighted by molar-refractivity contribution is -0.139. The molecule has 3 fully saturated rings. The Kier molecular flexibility index (Phi) is 16.4. The van der Waals surface area contributed by atoms with Crippen molar-refractivity contribution >= 4 is 71.3 Å². The van der Waals surface area contributed by atoms with Gasteiger partial charge < -0.3 is 45.4 Å². The Morgan fingerprint density at radius 2 is 0.943 bits per heavy atom. The van der Waals surface area contributed by atoms with Gasteiger partial charge >= 0.3 is 12.2 Å². The molecule has 0 bridgehead atoms. The number of nitrogens with one attached hydrogen (secondary N) is 4. The Labute approximate surface area is 413 Å². The number of carbonyl (C=O) groups excluding carboxylic acids is 6. The number of alkyl carbamates (subject to hydrolysis) is 2. The minimum Gasteiger partial charge on any atom is -0.453 e. The van der Waals surface area contributed by atoms with Crippen LogP contribution in [0.5, 0.6) is 0 Å². The smallest absolute Gasteiger partial charge is 0.407 e. The lowest BCUT2D eigenvalue weighted by Crippen LogP contribution is -2.54. The number of hydrogen-bond donors (Lipinski definition) is 4. The summed E-state index contributed by atoms with van der Waals surface area (Å²) in [5.74, 6) is -1.57. The molecule has 3 aliphatic heterocycles. The van der Waals surface area contributed by atoms with Crippen molar-refractivity contribution in [2.75, 3.05) is 42.8 Å². The maximum atomic E-state index is 13.8. The fraction of sp³-hybridized carbons (Fsp3) is 0.444. The van der Waals surface area contributed by atoms with Crippen LogP contribution in [0.4, 0.5) is 26.7 Å². The van der Waals surface area contributed by atoms with Gasteiger partial charge in [0.15, 0.2) is 0 Å². The van der Waals surface area contributed by atoms with Gasteiger partial charge in [-0.25, -0.2) is 9.59 Å². The summed E-state index contributed by atoms with van der Waals surface area (Å²) in [6.07, 6.45) is 2.73. The molecule has 0 aromatic heterocycles. The van der Waals surface area contributed by atoms with E-state index in [9.17, 15) is 28.8 Å². The summed E-state index contributed by atoms with van der Waals surface area (Å²) in [5.41, 5.74) is 4.52. The molecule has 4 aromatic rings. The van der Waals surface area contributed by atoms with Gasteiger partial charge in [-0.1, -0.05) is 102 Å². The highest BCUT2D eigenvalue weighted by Gasteiger charge is 2.41. The van der Waals surface area contributed by atoms with E-state index in [1.54, 1.807) is 9.80 Å². The van der Waals surface area contributed by atoms with Crippen LogP contribution in [0.1, 0.15) is 89.4 Å². The van der Waals surface area contributed by atoms with E-state index >= 15 is 0 Å². The number of benzene rings is 4.